The highest BCUT2D eigenvalue weighted by molar-refractivity contribution is 5.79. The summed E-state index contributed by atoms with van der Waals surface area (Å²) in [7, 11) is 0. The highest BCUT2D eigenvalue weighted by Gasteiger charge is 2.13. The van der Waals surface area contributed by atoms with Crippen LogP contribution in [0.25, 0.3) is 22.5 Å². The summed E-state index contributed by atoms with van der Waals surface area (Å²) in [5.41, 5.74) is 4.81. The van der Waals surface area contributed by atoms with Crippen LogP contribution in [-0.2, 0) is 19.5 Å². The molecule has 0 bridgehead atoms. The molecular formula is C23H27N7O. The second-order valence-electron chi connectivity index (χ2n) is 7.61. The second kappa shape index (κ2) is 9.51. The number of rotatable bonds is 9. The van der Waals surface area contributed by atoms with E-state index in [0.717, 1.165) is 60.3 Å². The highest BCUT2D eigenvalue weighted by Crippen LogP contribution is 2.29. The maximum absolute atomic E-state index is 12.9. The number of aromatic nitrogens is 7. The van der Waals surface area contributed by atoms with Gasteiger partial charge in [-0.1, -0.05) is 50.6 Å². The summed E-state index contributed by atoms with van der Waals surface area (Å²) in [5, 5.41) is 14.4. The molecule has 8 nitrogen and oxygen atoms in total. The van der Waals surface area contributed by atoms with Crippen LogP contribution in [0.1, 0.15) is 44.5 Å². The van der Waals surface area contributed by atoms with Gasteiger partial charge in [0.05, 0.1) is 12.2 Å². The average molecular weight is 418 g/mol. The minimum absolute atomic E-state index is 0.0429. The Labute approximate surface area is 181 Å². The van der Waals surface area contributed by atoms with Crippen molar-refractivity contribution in [3.8, 4) is 22.5 Å². The zero-order chi connectivity index (χ0) is 21.6. The zero-order valence-electron chi connectivity index (χ0n) is 18.0. The first-order chi connectivity index (χ1) is 15.2. The van der Waals surface area contributed by atoms with Crippen molar-refractivity contribution in [1.29, 1.82) is 0 Å². The van der Waals surface area contributed by atoms with E-state index in [1.807, 2.05) is 57.9 Å². The number of nitrogens with zero attached hydrogens (tertiary/aromatic N) is 6. The van der Waals surface area contributed by atoms with Gasteiger partial charge in [0.1, 0.15) is 0 Å². The van der Waals surface area contributed by atoms with Crippen molar-refractivity contribution >= 4 is 0 Å². The number of hydrogen-bond acceptors (Lipinski definition) is 5. The average Bonchev–Trinajstić information content (AvgIpc) is 3.43. The van der Waals surface area contributed by atoms with Gasteiger partial charge in [-0.2, -0.15) is 5.21 Å². The molecule has 0 unspecified atom stereocenters. The quantitative estimate of drug-likeness (QED) is 0.448. The summed E-state index contributed by atoms with van der Waals surface area (Å²) in [5.74, 6) is 0.545. The first kappa shape index (κ1) is 20.7. The Bertz CT molecular complexity index is 1170. The summed E-state index contributed by atoms with van der Waals surface area (Å²) in [6.07, 6.45) is 7.85. The smallest absolute Gasteiger partial charge is 0.299 e. The third kappa shape index (κ3) is 4.47. The molecule has 1 N–H and O–H groups in total. The van der Waals surface area contributed by atoms with E-state index >= 15 is 0 Å². The fourth-order valence-electron chi connectivity index (χ4n) is 3.76. The standard InChI is InChI=1S/C23H27N7O/c1-3-5-8-19-16-29(13-4-2)23(31)30(19)15-18-12-11-17(14-24-18)20-9-6-7-10-21(20)22-25-27-28-26-22/h6-7,9-12,14,16H,3-5,8,13,15H2,1-2H3,(H,25,26,27,28). The molecule has 0 aliphatic heterocycles. The summed E-state index contributed by atoms with van der Waals surface area (Å²) in [6, 6.07) is 11.9. The molecule has 0 atom stereocenters. The SMILES string of the molecule is CCCCc1cn(CCC)c(=O)n1Cc1ccc(-c2ccccc2-c2nn[nH]n2)cn1. The van der Waals surface area contributed by atoms with Crippen molar-refractivity contribution in [3.05, 3.63) is 70.7 Å². The first-order valence-corrected chi connectivity index (χ1v) is 10.8. The first-order valence-electron chi connectivity index (χ1n) is 10.8. The lowest BCUT2D eigenvalue weighted by Gasteiger charge is -2.09. The number of tetrazole rings is 1. The van der Waals surface area contributed by atoms with Crippen LogP contribution in [0.2, 0.25) is 0 Å². The molecule has 8 heteroatoms. The molecule has 0 spiro atoms. The van der Waals surface area contributed by atoms with Crippen LogP contribution in [0.3, 0.4) is 0 Å². The monoisotopic (exact) mass is 417 g/mol. The number of pyridine rings is 1. The van der Waals surface area contributed by atoms with Gasteiger partial charge in [0, 0.05) is 35.8 Å². The van der Waals surface area contributed by atoms with E-state index in [2.05, 4.69) is 39.5 Å². The summed E-state index contributed by atoms with van der Waals surface area (Å²) < 4.78 is 3.68. The van der Waals surface area contributed by atoms with Gasteiger partial charge in [-0.15, -0.1) is 10.2 Å². The lowest BCUT2D eigenvalue weighted by molar-refractivity contribution is 0.613. The lowest BCUT2D eigenvalue weighted by atomic mass is 10.0. The number of hydrogen-bond donors (Lipinski definition) is 1. The van der Waals surface area contributed by atoms with E-state index in [-0.39, 0.29) is 5.69 Å². The Hall–Kier alpha value is -3.55. The van der Waals surface area contributed by atoms with Crippen LogP contribution in [0.15, 0.2) is 53.6 Å². The summed E-state index contributed by atoms with van der Waals surface area (Å²) >= 11 is 0. The number of aromatic amines is 1. The Morgan fingerprint density at radius 3 is 2.55 bits per heavy atom. The van der Waals surface area contributed by atoms with E-state index in [1.165, 1.54) is 0 Å². The molecule has 160 valence electrons. The molecule has 0 amide bonds. The van der Waals surface area contributed by atoms with E-state index in [1.54, 1.807) is 0 Å². The summed E-state index contributed by atoms with van der Waals surface area (Å²) in [4.78, 5) is 17.5. The second-order valence-corrected chi connectivity index (χ2v) is 7.61. The number of nitrogens with one attached hydrogen (secondary N) is 1. The number of aryl methyl sites for hydroxylation is 2. The van der Waals surface area contributed by atoms with Crippen molar-refractivity contribution in [2.24, 2.45) is 0 Å². The summed E-state index contributed by atoms with van der Waals surface area (Å²) in [6.45, 7) is 5.46. The van der Waals surface area contributed by atoms with Crippen molar-refractivity contribution in [2.45, 2.75) is 52.6 Å². The predicted octanol–water partition coefficient (Wildman–Crippen LogP) is 3.69. The number of imidazole rings is 1. The topological polar surface area (TPSA) is 94.3 Å². The maximum Gasteiger partial charge on any atom is 0.328 e. The molecule has 3 aromatic heterocycles. The third-order valence-corrected chi connectivity index (χ3v) is 5.35. The maximum atomic E-state index is 12.9. The number of H-pyrrole nitrogens is 1. The molecule has 4 aromatic rings. The molecule has 31 heavy (non-hydrogen) atoms. The van der Waals surface area contributed by atoms with Crippen LogP contribution in [-0.4, -0.2) is 34.7 Å². The van der Waals surface area contributed by atoms with Crippen molar-refractivity contribution in [2.75, 3.05) is 0 Å². The molecule has 0 aliphatic carbocycles. The fourth-order valence-corrected chi connectivity index (χ4v) is 3.76. The largest absolute Gasteiger partial charge is 0.328 e. The normalized spacial score (nSPS) is 11.2. The molecule has 3 heterocycles. The number of benzene rings is 1. The fraction of sp³-hybridized carbons (Fsp3) is 0.348. The minimum Gasteiger partial charge on any atom is -0.299 e. The Kier molecular flexibility index (Phi) is 6.35. The van der Waals surface area contributed by atoms with Crippen molar-refractivity contribution < 1.29 is 0 Å². The van der Waals surface area contributed by atoms with Gasteiger partial charge in [0.15, 0.2) is 0 Å². The zero-order valence-corrected chi connectivity index (χ0v) is 18.0. The van der Waals surface area contributed by atoms with Gasteiger partial charge in [-0.05, 0) is 36.1 Å². The van der Waals surface area contributed by atoms with Crippen LogP contribution >= 0.6 is 0 Å². The van der Waals surface area contributed by atoms with Crippen LogP contribution < -0.4 is 5.69 Å². The highest BCUT2D eigenvalue weighted by atomic mass is 16.1. The van der Waals surface area contributed by atoms with E-state index in [4.69, 9.17) is 0 Å². The van der Waals surface area contributed by atoms with Gasteiger partial charge in [-0.25, -0.2) is 4.79 Å². The number of unbranched alkanes of at least 4 members (excludes halogenated alkanes) is 1. The molecule has 0 radical (unpaired) electrons. The minimum atomic E-state index is 0.0429. The van der Waals surface area contributed by atoms with Gasteiger partial charge in [0.2, 0.25) is 5.82 Å². The molecule has 4 rings (SSSR count). The van der Waals surface area contributed by atoms with E-state index in [0.29, 0.717) is 12.4 Å². The van der Waals surface area contributed by atoms with Crippen LogP contribution in [0, 0.1) is 0 Å². The van der Waals surface area contributed by atoms with E-state index < -0.39 is 0 Å². The lowest BCUT2D eigenvalue weighted by Crippen LogP contribution is -2.25. The molecule has 0 aliphatic rings. The molecular weight excluding hydrogens is 390 g/mol. The van der Waals surface area contributed by atoms with Gasteiger partial charge in [0.25, 0.3) is 0 Å². The van der Waals surface area contributed by atoms with Gasteiger partial charge in [-0.3, -0.25) is 14.1 Å². The van der Waals surface area contributed by atoms with E-state index in [9.17, 15) is 4.79 Å². The van der Waals surface area contributed by atoms with Crippen LogP contribution in [0.4, 0.5) is 0 Å². The Morgan fingerprint density at radius 1 is 1.03 bits per heavy atom. The Morgan fingerprint density at radius 2 is 1.87 bits per heavy atom. The predicted molar refractivity (Wildman–Crippen MR) is 120 cm³/mol. The molecule has 0 saturated heterocycles. The van der Waals surface area contributed by atoms with Crippen LogP contribution in [0.5, 0.6) is 0 Å². The third-order valence-electron chi connectivity index (χ3n) is 5.35. The van der Waals surface area contributed by atoms with Crippen molar-refractivity contribution in [1.82, 2.24) is 34.7 Å². The molecule has 0 fully saturated rings. The molecule has 0 saturated carbocycles. The van der Waals surface area contributed by atoms with Crippen molar-refractivity contribution in [3.63, 3.8) is 0 Å². The molecule has 1 aromatic carbocycles. The van der Waals surface area contributed by atoms with Gasteiger partial charge < -0.3 is 0 Å². The van der Waals surface area contributed by atoms with Gasteiger partial charge >= 0.3 is 5.69 Å². The Balaban J connectivity index is 1.62.